The zero-order valence-corrected chi connectivity index (χ0v) is 12.7. The molecule has 2 rings (SSSR count). The van der Waals surface area contributed by atoms with Crippen molar-refractivity contribution >= 4 is 0 Å². The molecule has 2 aliphatic rings. The molecule has 2 saturated heterocycles. The summed E-state index contributed by atoms with van der Waals surface area (Å²) in [6.45, 7) is 12.1. The van der Waals surface area contributed by atoms with Crippen LogP contribution in [0.2, 0.25) is 0 Å². The predicted molar refractivity (Wildman–Crippen MR) is 77.3 cm³/mol. The number of likely N-dealkylation sites (tertiary alicyclic amines) is 1. The zero-order chi connectivity index (χ0) is 13.9. The standard InChI is InChI=1S/C15H30N2O2/c1-13(2)16-10-15(5-8-19-9-6-15)12-17-7-4-14(3,18)11-17/h13,16,18H,4-12H2,1-3H3. The first-order valence-corrected chi connectivity index (χ1v) is 7.67. The molecule has 2 N–H and O–H groups in total. The minimum Gasteiger partial charge on any atom is -0.389 e. The molecule has 1 unspecified atom stereocenters. The molecule has 19 heavy (non-hydrogen) atoms. The molecule has 0 amide bonds. The van der Waals surface area contributed by atoms with Crippen molar-refractivity contribution in [1.82, 2.24) is 10.2 Å². The van der Waals surface area contributed by atoms with Crippen molar-refractivity contribution in [3.8, 4) is 0 Å². The summed E-state index contributed by atoms with van der Waals surface area (Å²) in [6.07, 6.45) is 3.16. The van der Waals surface area contributed by atoms with Crippen molar-refractivity contribution in [2.45, 2.75) is 51.7 Å². The third-order valence-corrected chi connectivity index (χ3v) is 4.53. The molecule has 112 valence electrons. The summed E-state index contributed by atoms with van der Waals surface area (Å²) in [5.74, 6) is 0. The maximum absolute atomic E-state index is 10.1. The molecule has 2 heterocycles. The van der Waals surface area contributed by atoms with E-state index >= 15 is 0 Å². The van der Waals surface area contributed by atoms with E-state index in [2.05, 4.69) is 24.1 Å². The van der Waals surface area contributed by atoms with E-state index in [4.69, 9.17) is 4.74 Å². The van der Waals surface area contributed by atoms with Crippen LogP contribution in [-0.2, 0) is 4.74 Å². The van der Waals surface area contributed by atoms with E-state index in [0.717, 1.165) is 58.7 Å². The molecule has 2 fully saturated rings. The fraction of sp³-hybridized carbons (Fsp3) is 1.00. The minimum absolute atomic E-state index is 0.322. The number of aliphatic hydroxyl groups is 1. The van der Waals surface area contributed by atoms with Gasteiger partial charge < -0.3 is 15.2 Å². The van der Waals surface area contributed by atoms with Crippen molar-refractivity contribution in [2.75, 3.05) is 39.4 Å². The van der Waals surface area contributed by atoms with Crippen LogP contribution in [0.5, 0.6) is 0 Å². The molecule has 2 aliphatic heterocycles. The summed E-state index contributed by atoms with van der Waals surface area (Å²) in [7, 11) is 0. The Hall–Kier alpha value is -0.160. The first kappa shape index (κ1) is 15.2. The van der Waals surface area contributed by atoms with Crippen molar-refractivity contribution < 1.29 is 9.84 Å². The molecule has 4 heteroatoms. The predicted octanol–water partition coefficient (Wildman–Crippen LogP) is 1.24. The number of hydrogen-bond acceptors (Lipinski definition) is 4. The average molecular weight is 270 g/mol. The molecule has 0 saturated carbocycles. The van der Waals surface area contributed by atoms with Crippen LogP contribution in [0.4, 0.5) is 0 Å². The van der Waals surface area contributed by atoms with Crippen molar-refractivity contribution in [3.63, 3.8) is 0 Å². The summed E-state index contributed by atoms with van der Waals surface area (Å²) in [4.78, 5) is 2.44. The maximum atomic E-state index is 10.1. The molecule has 0 bridgehead atoms. The van der Waals surface area contributed by atoms with Gasteiger partial charge in [-0.2, -0.15) is 0 Å². The lowest BCUT2D eigenvalue weighted by atomic mass is 9.79. The fourth-order valence-corrected chi connectivity index (χ4v) is 3.26. The Kier molecular flexibility index (Phi) is 4.88. The topological polar surface area (TPSA) is 44.7 Å². The molecule has 0 aromatic rings. The molecule has 1 atom stereocenters. The number of hydrogen-bond donors (Lipinski definition) is 2. The van der Waals surface area contributed by atoms with Crippen LogP contribution in [0.1, 0.15) is 40.0 Å². The van der Waals surface area contributed by atoms with Crippen LogP contribution in [-0.4, -0.2) is 61.0 Å². The largest absolute Gasteiger partial charge is 0.389 e. The number of ether oxygens (including phenoxy) is 1. The third-order valence-electron chi connectivity index (χ3n) is 4.53. The van der Waals surface area contributed by atoms with Crippen molar-refractivity contribution in [3.05, 3.63) is 0 Å². The highest BCUT2D eigenvalue weighted by Gasteiger charge is 2.39. The van der Waals surface area contributed by atoms with Gasteiger partial charge in [0.15, 0.2) is 0 Å². The summed E-state index contributed by atoms with van der Waals surface area (Å²) in [5, 5.41) is 13.7. The van der Waals surface area contributed by atoms with Gasteiger partial charge in [0.2, 0.25) is 0 Å². The van der Waals surface area contributed by atoms with Crippen LogP contribution in [0.3, 0.4) is 0 Å². The Labute approximate surface area is 117 Å². The van der Waals surface area contributed by atoms with Crippen LogP contribution < -0.4 is 5.32 Å². The van der Waals surface area contributed by atoms with Crippen molar-refractivity contribution in [1.29, 1.82) is 0 Å². The third kappa shape index (κ3) is 4.42. The van der Waals surface area contributed by atoms with E-state index in [1.165, 1.54) is 0 Å². The lowest BCUT2D eigenvalue weighted by Gasteiger charge is -2.41. The van der Waals surface area contributed by atoms with E-state index in [9.17, 15) is 5.11 Å². The number of β-amino-alcohol motifs (C(OH)–C–C–N with tert-alkyl or cyclic N) is 1. The second kappa shape index (κ2) is 6.08. The van der Waals surface area contributed by atoms with Gasteiger partial charge in [-0.05, 0) is 31.6 Å². The maximum Gasteiger partial charge on any atom is 0.0758 e. The lowest BCUT2D eigenvalue weighted by Crippen LogP contribution is -2.48. The summed E-state index contributed by atoms with van der Waals surface area (Å²) < 4.78 is 5.54. The van der Waals surface area contributed by atoms with Gasteiger partial charge in [0.1, 0.15) is 0 Å². The van der Waals surface area contributed by atoms with Crippen LogP contribution in [0.25, 0.3) is 0 Å². The molecular formula is C15H30N2O2. The van der Waals surface area contributed by atoms with Gasteiger partial charge in [0, 0.05) is 45.4 Å². The van der Waals surface area contributed by atoms with E-state index < -0.39 is 5.60 Å². The van der Waals surface area contributed by atoms with Gasteiger partial charge in [-0.1, -0.05) is 13.8 Å². The molecule has 0 radical (unpaired) electrons. The summed E-state index contributed by atoms with van der Waals surface area (Å²) in [5.41, 5.74) is -0.166. The SMILES string of the molecule is CC(C)NCC1(CN2CCC(C)(O)C2)CCOCC1. The van der Waals surface area contributed by atoms with Crippen molar-refractivity contribution in [2.24, 2.45) is 5.41 Å². The molecule has 0 aromatic heterocycles. The summed E-state index contributed by atoms with van der Waals surface area (Å²) >= 11 is 0. The monoisotopic (exact) mass is 270 g/mol. The Morgan fingerprint density at radius 2 is 1.95 bits per heavy atom. The molecule has 0 spiro atoms. The number of rotatable bonds is 5. The highest BCUT2D eigenvalue weighted by molar-refractivity contribution is 4.93. The zero-order valence-electron chi connectivity index (χ0n) is 12.7. The van der Waals surface area contributed by atoms with E-state index in [1.54, 1.807) is 0 Å². The van der Waals surface area contributed by atoms with Gasteiger partial charge in [-0.3, -0.25) is 4.90 Å². The van der Waals surface area contributed by atoms with Gasteiger partial charge >= 0.3 is 0 Å². The first-order valence-electron chi connectivity index (χ1n) is 7.67. The van der Waals surface area contributed by atoms with Gasteiger partial charge in [-0.15, -0.1) is 0 Å². The van der Waals surface area contributed by atoms with Crippen LogP contribution >= 0.6 is 0 Å². The van der Waals surface area contributed by atoms with E-state index in [0.29, 0.717) is 11.5 Å². The van der Waals surface area contributed by atoms with Gasteiger partial charge in [0.25, 0.3) is 0 Å². The molecular weight excluding hydrogens is 240 g/mol. The molecule has 4 nitrogen and oxygen atoms in total. The Morgan fingerprint density at radius 3 is 2.47 bits per heavy atom. The average Bonchev–Trinajstić information content (AvgIpc) is 2.67. The second-order valence-electron chi connectivity index (χ2n) is 7.11. The van der Waals surface area contributed by atoms with Crippen LogP contribution in [0, 0.1) is 5.41 Å². The fourth-order valence-electron chi connectivity index (χ4n) is 3.26. The highest BCUT2D eigenvalue weighted by atomic mass is 16.5. The molecule has 0 aromatic carbocycles. The van der Waals surface area contributed by atoms with E-state index in [1.807, 2.05) is 6.92 Å². The van der Waals surface area contributed by atoms with Gasteiger partial charge in [-0.25, -0.2) is 0 Å². The van der Waals surface area contributed by atoms with Gasteiger partial charge in [0.05, 0.1) is 5.60 Å². The number of nitrogens with zero attached hydrogens (tertiary/aromatic N) is 1. The quantitative estimate of drug-likeness (QED) is 0.789. The Bertz CT molecular complexity index is 286. The second-order valence-corrected chi connectivity index (χ2v) is 7.11. The Morgan fingerprint density at radius 1 is 1.26 bits per heavy atom. The normalized spacial score (nSPS) is 32.1. The molecule has 0 aliphatic carbocycles. The van der Waals surface area contributed by atoms with E-state index in [-0.39, 0.29) is 0 Å². The Balaban J connectivity index is 1.93. The highest BCUT2D eigenvalue weighted by Crippen LogP contribution is 2.33. The minimum atomic E-state index is -0.488. The lowest BCUT2D eigenvalue weighted by molar-refractivity contribution is -0.00701. The number of nitrogens with one attached hydrogen (secondary N) is 1. The van der Waals surface area contributed by atoms with Crippen LogP contribution in [0.15, 0.2) is 0 Å². The summed E-state index contributed by atoms with van der Waals surface area (Å²) in [6, 6.07) is 0.529. The smallest absolute Gasteiger partial charge is 0.0758 e. The first-order chi connectivity index (χ1) is 8.91.